The second-order valence-corrected chi connectivity index (χ2v) is 7.55. The topological polar surface area (TPSA) is 74.8 Å². The highest BCUT2D eigenvalue weighted by atomic mass is 16.2. The van der Waals surface area contributed by atoms with Crippen LogP contribution >= 0.6 is 0 Å². The normalized spacial score (nSPS) is 23.7. The molecule has 1 aliphatic carbocycles. The lowest BCUT2D eigenvalue weighted by Crippen LogP contribution is -2.47. The number of aromatic nitrogens is 3. The van der Waals surface area contributed by atoms with E-state index in [1.165, 1.54) is 6.42 Å². The van der Waals surface area contributed by atoms with E-state index in [1.807, 2.05) is 4.90 Å². The maximum absolute atomic E-state index is 13.0. The van der Waals surface area contributed by atoms with Crippen LogP contribution in [-0.2, 0) is 17.8 Å². The van der Waals surface area contributed by atoms with Crippen LogP contribution < -0.4 is 0 Å². The molecule has 0 radical (unpaired) electrons. The molecule has 0 bridgehead atoms. The minimum absolute atomic E-state index is 0.0784. The van der Waals surface area contributed by atoms with E-state index in [1.54, 1.807) is 0 Å². The molecular weight excluding hydrogens is 302 g/mol. The monoisotopic (exact) mass is 327 g/mol. The zero-order valence-electron chi connectivity index (χ0n) is 14.2. The number of fused-ring (bicyclic) bond motifs is 1. The van der Waals surface area contributed by atoms with Gasteiger partial charge in [0, 0.05) is 32.0 Å². The first-order chi connectivity index (χ1) is 11.7. The van der Waals surface area contributed by atoms with Gasteiger partial charge >= 0.3 is 0 Å². The smallest absolute Gasteiger partial charge is 0.243 e. The zero-order chi connectivity index (χ0) is 16.6. The van der Waals surface area contributed by atoms with Crippen molar-refractivity contribution in [2.24, 2.45) is 5.41 Å². The SMILES string of the molecule is N#CC1(C(=O)N2CCC(c3nnc4n3CCC4)CC2)CCCCC1. The van der Waals surface area contributed by atoms with Gasteiger partial charge in [0.15, 0.2) is 0 Å². The van der Waals surface area contributed by atoms with Crippen LogP contribution in [0.2, 0.25) is 0 Å². The molecular formula is C18H25N5O. The van der Waals surface area contributed by atoms with E-state index in [0.717, 1.165) is 82.6 Å². The van der Waals surface area contributed by atoms with Crippen LogP contribution in [0.25, 0.3) is 0 Å². The largest absolute Gasteiger partial charge is 0.341 e. The highest BCUT2D eigenvalue weighted by Crippen LogP contribution is 2.39. The summed E-state index contributed by atoms with van der Waals surface area (Å²) in [4.78, 5) is 14.9. The Morgan fingerprint density at radius 3 is 2.54 bits per heavy atom. The maximum atomic E-state index is 13.0. The summed E-state index contributed by atoms with van der Waals surface area (Å²) in [5.41, 5.74) is -0.749. The molecule has 3 heterocycles. The highest BCUT2D eigenvalue weighted by Gasteiger charge is 2.43. The van der Waals surface area contributed by atoms with Crippen molar-refractivity contribution >= 4 is 5.91 Å². The van der Waals surface area contributed by atoms with Gasteiger partial charge in [0.1, 0.15) is 17.1 Å². The summed E-state index contributed by atoms with van der Waals surface area (Å²) >= 11 is 0. The number of piperidine rings is 1. The second-order valence-electron chi connectivity index (χ2n) is 7.55. The molecule has 1 saturated carbocycles. The Morgan fingerprint density at radius 1 is 1.08 bits per heavy atom. The van der Waals surface area contributed by atoms with Gasteiger partial charge in [-0.2, -0.15) is 5.26 Å². The molecule has 2 fully saturated rings. The third-order valence-corrected chi connectivity index (χ3v) is 6.12. The van der Waals surface area contributed by atoms with E-state index in [4.69, 9.17) is 0 Å². The van der Waals surface area contributed by atoms with Crippen LogP contribution in [-0.4, -0.2) is 38.7 Å². The lowest BCUT2D eigenvalue weighted by Gasteiger charge is -2.38. The summed E-state index contributed by atoms with van der Waals surface area (Å²) in [7, 11) is 0. The maximum Gasteiger partial charge on any atom is 0.243 e. The molecule has 24 heavy (non-hydrogen) atoms. The molecule has 0 spiro atoms. The molecule has 0 unspecified atom stereocenters. The third-order valence-electron chi connectivity index (χ3n) is 6.12. The number of carbonyl (C=O) groups is 1. The summed E-state index contributed by atoms with van der Waals surface area (Å²) in [6, 6.07) is 2.37. The first-order valence-electron chi connectivity index (χ1n) is 9.36. The van der Waals surface area contributed by atoms with Crippen LogP contribution in [0.15, 0.2) is 0 Å². The van der Waals surface area contributed by atoms with Gasteiger partial charge in [0.2, 0.25) is 5.91 Å². The number of likely N-dealkylation sites (tertiary alicyclic amines) is 1. The lowest BCUT2D eigenvalue weighted by atomic mass is 9.74. The van der Waals surface area contributed by atoms with Crippen molar-refractivity contribution in [3.8, 4) is 6.07 Å². The van der Waals surface area contributed by atoms with E-state index in [2.05, 4.69) is 20.8 Å². The Balaban J connectivity index is 1.42. The first-order valence-corrected chi connectivity index (χ1v) is 9.36. The van der Waals surface area contributed by atoms with E-state index in [-0.39, 0.29) is 5.91 Å². The van der Waals surface area contributed by atoms with Crippen molar-refractivity contribution in [1.82, 2.24) is 19.7 Å². The van der Waals surface area contributed by atoms with Crippen LogP contribution in [0.1, 0.15) is 68.9 Å². The average molecular weight is 327 g/mol. The first kappa shape index (κ1) is 15.6. The van der Waals surface area contributed by atoms with Crippen LogP contribution in [0, 0.1) is 16.7 Å². The molecule has 6 nitrogen and oxygen atoms in total. The number of nitriles is 1. The molecule has 6 heteroatoms. The van der Waals surface area contributed by atoms with Crippen molar-refractivity contribution in [3.63, 3.8) is 0 Å². The van der Waals surface area contributed by atoms with Crippen LogP contribution in [0.3, 0.4) is 0 Å². The highest BCUT2D eigenvalue weighted by molar-refractivity contribution is 5.85. The average Bonchev–Trinajstić information content (AvgIpc) is 3.25. The van der Waals surface area contributed by atoms with Crippen LogP contribution in [0.5, 0.6) is 0 Å². The molecule has 3 aliphatic rings. The van der Waals surface area contributed by atoms with Gasteiger partial charge in [-0.25, -0.2) is 0 Å². The summed E-state index contributed by atoms with van der Waals surface area (Å²) in [5, 5.41) is 18.4. The minimum atomic E-state index is -0.749. The number of rotatable bonds is 2. The lowest BCUT2D eigenvalue weighted by molar-refractivity contribution is -0.141. The molecule has 4 rings (SSSR count). The Labute approximate surface area is 142 Å². The van der Waals surface area contributed by atoms with Crippen LogP contribution in [0.4, 0.5) is 0 Å². The van der Waals surface area contributed by atoms with Gasteiger partial charge in [0.05, 0.1) is 6.07 Å². The molecule has 0 aromatic carbocycles. The molecule has 0 N–H and O–H groups in total. The molecule has 0 atom stereocenters. The quantitative estimate of drug-likeness (QED) is 0.836. The molecule has 1 saturated heterocycles. The molecule has 2 aliphatic heterocycles. The van der Waals surface area contributed by atoms with Crippen molar-refractivity contribution in [1.29, 1.82) is 5.26 Å². The number of hydrogen-bond acceptors (Lipinski definition) is 4. The van der Waals surface area contributed by atoms with Crippen molar-refractivity contribution in [3.05, 3.63) is 11.6 Å². The third kappa shape index (κ3) is 2.51. The van der Waals surface area contributed by atoms with Crippen molar-refractivity contribution < 1.29 is 4.79 Å². The van der Waals surface area contributed by atoms with E-state index < -0.39 is 5.41 Å². The van der Waals surface area contributed by atoms with Gasteiger partial charge in [-0.1, -0.05) is 19.3 Å². The van der Waals surface area contributed by atoms with E-state index in [9.17, 15) is 10.1 Å². The molecule has 1 aromatic heterocycles. The van der Waals surface area contributed by atoms with Gasteiger partial charge in [0.25, 0.3) is 0 Å². The molecule has 1 aromatic rings. The number of aryl methyl sites for hydroxylation is 1. The van der Waals surface area contributed by atoms with E-state index in [0.29, 0.717) is 5.92 Å². The number of nitrogens with zero attached hydrogens (tertiary/aromatic N) is 5. The predicted octanol–water partition coefficient (Wildman–Crippen LogP) is 2.40. The Bertz CT molecular complexity index is 659. The molecule has 1 amide bonds. The van der Waals surface area contributed by atoms with Crippen molar-refractivity contribution in [2.75, 3.05) is 13.1 Å². The zero-order valence-corrected chi connectivity index (χ0v) is 14.2. The van der Waals surface area contributed by atoms with Gasteiger partial charge in [-0.05, 0) is 32.1 Å². The fourth-order valence-electron chi connectivity index (χ4n) is 4.65. The molecule has 128 valence electrons. The minimum Gasteiger partial charge on any atom is -0.341 e. The number of carbonyl (C=O) groups excluding carboxylic acids is 1. The summed E-state index contributed by atoms with van der Waals surface area (Å²) in [5.74, 6) is 2.71. The Morgan fingerprint density at radius 2 is 1.83 bits per heavy atom. The Hall–Kier alpha value is -1.90. The number of amides is 1. The van der Waals surface area contributed by atoms with Gasteiger partial charge < -0.3 is 9.47 Å². The van der Waals surface area contributed by atoms with Gasteiger partial charge in [-0.3, -0.25) is 4.79 Å². The van der Waals surface area contributed by atoms with Crippen molar-refractivity contribution in [2.45, 2.75) is 70.3 Å². The predicted molar refractivity (Wildman–Crippen MR) is 88.0 cm³/mol. The summed E-state index contributed by atoms with van der Waals surface area (Å²) < 4.78 is 2.28. The fourth-order valence-corrected chi connectivity index (χ4v) is 4.65. The van der Waals surface area contributed by atoms with Gasteiger partial charge in [-0.15, -0.1) is 10.2 Å². The Kier molecular flexibility index (Phi) is 4.03. The second kappa shape index (κ2) is 6.19. The summed E-state index contributed by atoms with van der Waals surface area (Å²) in [6.45, 7) is 2.53. The standard InChI is InChI=1S/C18H25N5O/c19-13-18(8-2-1-3-9-18)17(24)22-11-6-14(7-12-22)16-21-20-15-5-4-10-23(15)16/h14H,1-12H2. The summed E-state index contributed by atoms with van der Waals surface area (Å²) in [6.07, 6.45) is 8.70. The van der Waals surface area contributed by atoms with E-state index >= 15 is 0 Å². The number of hydrogen-bond donors (Lipinski definition) is 0. The fraction of sp³-hybridized carbons (Fsp3) is 0.778.